The van der Waals surface area contributed by atoms with Crippen LogP contribution in [0.3, 0.4) is 0 Å². The van der Waals surface area contributed by atoms with Crippen molar-refractivity contribution < 1.29 is 0 Å². The Bertz CT molecular complexity index is 921. The number of aryl methyl sites for hydroxylation is 2. The Balaban J connectivity index is 1.93. The van der Waals surface area contributed by atoms with Crippen molar-refractivity contribution in [1.29, 1.82) is 0 Å². The molecule has 1 heterocycles. The van der Waals surface area contributed by atoms with Gasteiger partial charge in [0.25, 0.3) is 0 Å². The summed E-state index contributed by atoms with van der Waals surface area (Å²) in [5, 5.41) is 8.80. The number of rotatable bonds is 3. The molecule has 0 N–H and O–H groups in total. The van der Waals surface area contributed by atoms with Gasteiger partial charge in [-0.3, -0.25) is 0 Å². The highest BCUT2D eigenvalue weighted by Crippen LogP contribution is 2.29. The highest BCUT2D eigenvalue weighted by Gasteiger charge is 2.19. The van der Waals surface area contributed by atoms with Crippen LogP contribution in [0.25, 0.3) is 11.0 Å². The van der Waals surface area contributed by atoms with Crippen LogP contribution < -0.4 is 0 Å². The Morgan fingerprint density at radius 3 is 1.83 bits per heavy atom. The molecule has 1 aromatic heterocycles. The molecule has 0 saturated heterocycles. The largest absolute Gasteiger partial charge is 0.233 e. The molecule has 0 aliphatic heterocycles. The van der Waals surface area contributed by atoms with Gasteiger partial charge in [-0.05, 0) is 37.1 Å². The number of nitrogens with zero attached hydrogens (tertiary/aromatic N) is 3. The molecular weight excluding hydrogens is 294 g/mol. The Morgan fingerprint density at radius 1 is 0.708 bits per heavy atom. The summed E-state index contributed by atoms with van der Waals surface area (Å²) in [5.74, 6) is 0. The van der Waals surface area contributed by atoms with Gasteiger partial charge in [0, 0.05) is 0 Å². The Labute approximate surface area is 141 Å². The van der Waals surface area contributed by atoms with Gasteiger partial charge in [-0.25, -0.2) is 4.68 Å². The molecule has 0 radical (unpaired) electrons. The van der Waals surface area contributed by atoms with Gasteiger partial charge in [-0.15, -0.1) is 5.10 Å². The van der Waals surface area contributed by atoms with E-state index in [4.69, 9.17) is 0 Å². The summed E-state index contributed by atoms with van der Waals surface area (Å²) in [4.78, 5) is 0. The van der Waals surface area contributed by atoms with Crippen molar-refractivity contribution in [2.75, 3.05) is 0 Å². The van der Waals surface area contributed by atoms with E-state index in [9.17, 15) is 0 Å². The summed E-state index contributed by atoms with van der Waals surface area (Å²) in [6.45, 7) is 4.21. The molecule has 0 unspecified atom stereocenters. The number of hydrogen-bond acceptors (Lipinski definition) is 2. The first-order chi connectivity index (χ1) is 11.7. The molecule has 0 saturated carbocycles. The van der Waals surface area contributed by atoms with E-state index in [2.05, 4.69) is 78.8 Å². The van der Waals surface area contributed by atoms with Crippen LogP contribution in [-0.4, -0.2) is 15.0 Å². The van der Waals surface area contributed by atoms with Gasteiger partial charge in [-0.2, -0.15) is 0 Å². The minimum absolute atomic E-state index is 0.0126. The second-order valence-corrected chi connectivity index (χ2v) is 6.25. The smallest absolute Gasteiger partial charge is 0.113 e. The molecule has 118 valence electrons. The summed E-state index contributed by atoms with van der Waals surface area (Å²) in [6.07, 6.45) is 0. The summed E-state index contributed by atoms with van der Waals surface area (Å²) < 4.78 is 2.02. The molecular formula is C21H19N3. The third-order valence-corrected chi connectivity index (χ3v) is 4.41. The summed E-state index contributed by atoms with van der Waals surface area (Å²) in [5.41, 5.74) is 6.89. The van der Waals surface area contributed by atoms with Gasteiger partial charge in [0.05, 0.1) is 5.52 Å². The minimum atomic E-state index is 0.0126. The van der Waals surface area contributed by atoms with Gasteiger partial charge in [0.1, 0.15) is 11.6 Å². The van der Waals surface area contributed by atoms with Crippen molar-refractivity contribution in [1.82, 2.24) is 15.0 Å². The molecule has 0 aliphatic carbocycles. The lowest BCUT2D eigenvalue weighted by Gasteiger charge is -2.19. The molecule has 0 atom stereocenters. The Morgan fingerprint density at radius 2 is 1.25 bits per heavy atom. The van der Waals surface area contributed by atoms with Crippen molar-refractivity contribution in [3.05, 3.63) is 95.1 Å². The van der Waals surface area contributed by atoms with E-state index in [0.717, 1.165) is 11.0 Å². The molecule has 4 aromatic rings. The van der Waals surface area contributed by atoms with Crippen molar-refractivity contribution >= 4 is 11.0 Å². The molecule has 3 heteroatoms. The van der Waals surface area contributed by atoms with E-state index < -0.39 is 0 Å². The van der Waals surface area contributed by atoms with Crippen LogP contribution in [0.5, 0.6) is 0 Å². The number of hydrogen-bond donors (Lipinski definition) is 0. The Kier molecular flexibility index (Phi) is 3.62. The maximum atomic E-state index is 4.46. The fourth-order valence-corrected chi connectivity index (χ4v) is 3.05. The van der Waals surface area contributed by atoms with Crippen LogP contribution in [-0.2, 0) is 0 Å². The van der Waals surface area contributed by atoms with Crippen molar-refractivity contribution in [2.24, 2.45) is 0 Å². The fourth-order valence-electron chi connectivity index (χ4n) is 3.05. The summed E-state index contributed by atoms with van der Waals surface area (Å²) in [7, 11) is 0. The lowest BCUT2D eigenvalue weighted by atomic mass is 9.97. The van der Waals surface area contributed by atoms with Crippen LogP contribution in [0.15, 0.2) is 72.8 Å². The third kappa shape index (κ3) is 2.58. The van der Waals surface area contributed by atoms with Crippen LogP contribution in [0.2, 0.25) is 0 Å². The Hall–Kier alpha value is -2.94. The summed E-state index contributed by atoms with van der Waals surface area (Å²) >= 11 is 0. The molecule has 4 rings (SSSR count). The van der Waals surface area contributed by atoms with Crippen LogP contribution in [0.1, 0.15) is 28.3 Å². The topological polar surface area (TPSA) is 30.7 Å². The lowest BCUT2D eigenvalue weighted by Crippen LogP contribution is -2.14. The second-order valence-electron chi connectivity index (χ2n) is 6.25. The van der Waals surface area contributed by atoms with E-state index in [1.165, 1.54) is 22.3 Å². The van der Waals surface area contributed by atoms with Gasteiger partial charge in [0.15, 0.2) is 0 Å². The first-order valence-corrected chi connectivity index (χ1v) is 8.15. The molecule has 3 aromatic carbocycles. The SMILES string of the molecule is Cc1ccc(C(c2ccc(C)cc2)n2nnc3ccccc32)cc1. The number of fused-ring (bicyclic) bond motifs is 1. The first kappa shape index (κ1) is 14.6. The van der Waals surface area contributed by atoms with E-state index in [1.54, 1.807) is 0 Å². The van der Waals surface area contributed by atoms with Gasteiger partial charge < -0.3 is 0 Å². The molecule has 0 fully saturated rings. The zero-order valence-corrected chi connectivity index (χ0v) is 13.8. The predicted octanol–water partition coefficient (Wildman–Crippen LogP) is 4.69. The first-order valence-electron chi connectivity index (χ1n) is 8.15. The molecule has 0 aliphatic rings. The minimum Gasteiger partial charge on any atom is -0.233 e. The number of para-hydroxylation sites is 1. The lowest BCUT2D eigenvalue weighted by molar-refractivity contribution is 0.588. The molecule has 24 heavy (non-hydrogen) atoms. The molecule has 3 nitrogen and oxygen atoms in total. The zero-order chi connectivity index (χ0) is 16.5. The van der Waals surface area contributed by atoms with Crippen LogP contribution >= 0.6 is 0 Å². The van der Waals surface area contributed by atoms with Gasteiger partial charge in [0.2, 0.25) is 0 Å². The monoisotopic (exact) mass is 313 g/mol. The molecule has 0 bridgehead atoms. The van der Waals surface area contributed by atoms with Crippen molar-refractivity contribution in [3.63, 3.8) is 0 Å². The van der Waals surface area contributed by atoms with Crippen molar-refractivity contribution in [3.8, 4) is 0 Å². The average molecular weight is 313 g/mol. The quantitative estimate of drug-likeness (QED) is 0.549. The van der Waals surface area contributed by atoms with Crippen molar-refractivity contribution in [2.45, 2.75) is 19.9 Å². The maximum Gasteiger partial charge on any atom is 0.113 e. The van der Waals surface area contributed by atoms with E-state index in [1.807, 2.05) is 22.9 Å². The predicted molar refractivity (Wildman–Crippen MR) is 97.1 cm³/mol. The van der Waals surface area contributed by atoms with E-state index in [0.29, 0.717) is 0 Å². The second kappa shape index (κ2) is 5.93. The standard InChI is InChI=1S/C21H19N3/c1-15-7-11-17(12-8-15)21(18-13-9-16(2)10-14-18)24-20-6-4-3-5-19(20)22-23-24/h3-14,21H,1-2H3. The molecule has 0 amide bonds. The molecule has 0 spiro atoms. The third-order valence-electron chi connectivity index (χ3n) is 4.41. The van der Waals surface area contributed by atoms with Gasteiger partial charge >= 0.3 is 0 Å². The van der Waals surface area contributed by atoms with E-state index in [-0.39, 0.29) is 6.04 Å². The van der Waals surface area contributed by atoms with E-state index >= 15 is 0 Å². The van der Waals surface area contributed by atoms with Crippen LogP contribution in [0.4, 0.5) is 0 Å². The fraction of sp³-hybridized carbons (Fsp3) is 0.143. The highest BCUT2D eigenvalue weighted by atomic mass is 15.4. The maximum absolute atomic E-state index is 4.46. The normalized spacial score (nSPS) is 11.3. The summed E-state index contributed by atoms with van der Waals surface area (Å²) in [6, 6.07) is 25.4. The van der Waals surface area contributed by atoms with Gasteiger partial charge in [-0.1, -0.05) is 77.0 Å². The number of aromatic nitrogens is 3. The average Bonchev–Trinajstić information content (AvgIpc) is 3.03. The zero-order valence-electron chi connectivity index (χ0n) is 13.8. The number of benzene rings is 3. The highest BCUT2D eigenvalue weighted by molar-refractivity contribution is 5.74. The van der Waals surface area contributed by atoms with Crippen LogP contribution in [0, 0.1) is 13.8 Å².